The van der Waals surface area contributed by atoms with Crippen LogP contribution < -0.4 is 31.8 Å². The molecule has 1 aromatic carbocycles. The first-order valence-corrected chi connectivity index (χ1v) is 7.59. The standard InChI is InChI=1S/C15H17ClN4O5/c1-7(6-25-8-3-4-9(16)10(5-8)24-2)18-14(22)12-11(17)13(21)20-15(23)19-12/h3-5,7H,6,17H2,1-2H3,(H,18,22)(H2,19,20,21,23). The lowest BCUT2D eigenvalue weighted by molar-refractivity contribution is 0.0922. The minimum absolute atomic E-state index is 0.129. The summed E-state index contributed by atoms with van der Waals surface area (Å²) in [6.07, 6.45) is 0. The highest BCUT2D eigenvalue weighted by Crippen LogP contribution is 2.28. The Balaban J connectivity index is 2.01. The Morgan fingerprint density at radius 3 is 2.76 bits per heavy atom. The Morgan fingerprint density at radius 1 is 1.36 bits per heavy atom. The minimum Gasteiger partial charge on any atom is -0.495 e. The Bertz CT molecular complexity index is 892. The van der Waals surface area contributed by atoms with E-state index < -0.39 is 23.2 Å². The summed E-state index contributed by atoms with van der Waals surface area (Å²) in [6, 6.07) is 4.46. The molecule has 2 rings (SSSR count). The Kier molecular flexibility index (Phi) is 5.71. The van der Waals surface area contributed by atoms with Crippen molar-refractivity contribution in [2.24, 2.45) is 0 Å². The smallest absolute Gasteiger partial charge is 0.326 e. The van der Waals surface area contributed by atoms with Gasteiger partial charge >= 0.3 is 5.69 Å². The van der Waals surface area contributed by atoms with Crippen LogP contribution in [0.15, 0.2) is 27.8 Å². The van der Waals surface area contributed by atoms with Crippen LogP contribution in [0.4, 0.5) is 5.69 Å². The molecular weight excluding hydrogens is 352 g/mol. The summed E-state index contributed by atoms with van der Waals surface area (Å²) in [5, 5.41) is 3.03. The molecule has 2 aromatic rings. The quantitative estimate of drug-likeness (QED) is 0.585. The van der Waals surface area contributed by atoms with E-state index in [1.807, 2.05) is 4.98 Å². The Labute approximate surface area is 147 Å². The van der Waals surface area contributed by atoms with Crippen molar-refractivity contribution in [1.29, 1.82) is 0 Å². The number of H-pyrrole nitrogens is 2. The Morgan fingerprint density at radius 2 is 2.08 bits per heavy atom. The molecule has 1 amide bonds. The second-order valence-electron chi connectivity index (χ2n) is 5.18. The molecule has 0 aliphatic carbocycles. The zero-order chi connectivity index (χ0) is 18.6. The third kappa shape index (κ3) is 4.54. The van der Waals surface area contributed by atoms with Crippen LogP contribution in [0.5, 0.6) is 11.5 Å². The van der Waals surface area contributed by atoms with Gasteiger partial charge < -0.3 is 25.5 Å². The molecule has 25 heavy (non-hydrogen) atoms. The predicted octanol–water partition coefficient (Wildman–Crippen LogP) is 0.505. The van der Waals surface area contributed by atoms with Crippen LogP contribution in [0.1, 0.15) is 17.4 Å². The van der Waals surface area contributed by atoms with Gasteiger partial charge in [-0.05, 0) is 19.1 Å². The number of amides is 1. The summed E-state index contributed by atoms with van der Waals surface area (Å²) in [5.74, 6) is 0.279. The van der Waals surface area contributed by atoms with E-state index in [2.05, 4.69) is 10.3 Å². The van der Waals surface area contributed by atoms with Gasteiger partial charge in [0.05, 0.1) is 18.2 Å². The number of nitrogen functional groups attached to an aromatic ring is 1. The third-order valence-electron chi connectivity index (χ3n) is 3.21. The van der Waals surface area contributed by atoms with Gasteiger partial charge in [0.25, 0.3) is 11.5 Å². The number of methoxy groups -OCH3 is 1. The monoisotopic (exact) mass is 368 g/mol. The van der Waals surface area contributed by atoms with Gasteiger partial charge in [0, 0.05) is 6.07 Å². The van der Waals surface area contributed by atoms with E-state index in [4.69, 9.17) is 26.8 Å². The van der Waals surface area contributed by atoms with Crippen molar-refractivity contribution in [2.45, 2.75) is 13.0 Å². The molecule has 5 N–H and O–H groups in total. The average Bonchev–Trinajstić information content (AvgIpc) is 2.57. The number of nitrogens with one attached hydrogen (secondary N) is 3. The number of anilines is 1. The van der Waals surface area contributed by atoms with Crippen LogP contribution in [0, 0.1) is 0 Å². The van der Waals surface area contributed by atoms with E-state index in [1.54, 1.807) is 25.1 Å². The molecule has 9 nitrogen and oxygen atoms in total. The number of aromatic amines is 2. The summed E-state index contributed by atoms with van der Waals surface area (Å²) < 4.78 is 10.6. The van der Waals surface area contributed by atoms with Crippen molar-refractivity contribution >= 4 is 23.2 Å². The fraction of sp³-hybridized carbons (Fsp3) is 0.267. The second kappa shape index (κ2) is 7.75. The number of carbonyl (C=O) groups excluding carboxylic acids is 1. The maximum absolute atomic E-state index is 12.1. The number of rotatable bonds is 6. The number of carbonyl (C=O) groups is 1. The lowest BCUT2D eigenvalue weighted by Gasteiger charge is -2.16. The van der Waals surface area contributed by atoms with E-state index in [-0.39, 0.29) is 18.0 Å². The molecule has 1 unspecified atom stereocenters. The number of aromatic nitrogens is 2. The molecule has 0 aliphatic rings. The van der Waals surface area contributed by atoms with Crippen molar-refractivity contribution in [1.82, 2.24) is 15.3 Å². The molecule has 0 spiro atoms. The van der Waals surface area contributed by atoms with E-state index >= 15 is 0 Å². The molecule has 134 valence electrons. The van der Waals surface area contributed by atoms with Crippen LogP contribution in [-0.2, 0) is 0 Å². The van der Waals surface area contributed by atoms with Crippen molar-refractivity contribution in [3.8, 4) is 11.5 Å². The molecule has 0 saturated carbocycles. The van der Waals surface area contributed by atoms with Crippen LogP contribution in [0.2, 0.25) is 5.02 Å². The molecule has 1 heterocycles. The molecule has 1 aromatic heterocycles. The lowest BCUT2D eigenvalue weighted by Crippen LogP contribution is -2.40. The number of halogens is 1. The summed E-state index contributed by atoms with van der Waals surface area (Å²) in [4.78, 5) is 38.9. The van der Waals surface area contributed by atoms with Gasteiger partial charge in [0.1, 0.15) is 29.5 Å². The Hall–Kier alpha value is -2.94. The lowest BCUT2D eigenvalue weighted by atomic mass is 10.3. The summed E-state index contributed by atoms with van der Waals surface area (Å²) in [5.41, 5.74) is 3.20. The van der Waals surface area contributed by atoms with E-state index in [0.29, 0.717) is 16.5 Å². The SMILES string of the molecule is COc1cc(OCC(C)NC(=O)c2[nH]c(=O)[nH]c(=O)c2N)ccc1Cl. The molecule has 0 aliphatic heterocycles. The van der Waals surface area contributed by atoms with Gasteiger partial charge in [0.15, 0.2) is 0 Å². The second-order valence-corrected chi connectivity index (χ2v) is 5.59. The normalized spacial score (nSPS) is 11.6. The van der Waals surface area contributed by atoms with Crippen molar-refractivity contribution in [3.63, 3.8) is 0 Å². The third-order valence-corrected chi connectivity index (χ3v) is 3.52. The number of hydrogen-bond donors (Lipinski definition) is 4. The van der Waals surface area contributed by atoms with Crippen LogP contribution in [-0.4, -0.2) is 35.6 Å². The van der Waals surface area contributed by atoms with E-state index in [0.717, 1.165) is 0 Å². The van der Waals surface area contributed by atoms with E-state index in [1.165, 1.54) is 7.11 Å². The number of benzene rings is 1. The summed E-state index contributed by atoms with van der Waals surface area (Å²) in [6.45, 7) is 1.82. The number of hydrogen-bond acceptors (Lipinski definition) is 6. The molecule has 0 fully saturated rings. The average molecular weight is 369 g/mol. The zero-order valence-corrected chi connectivity index (χ0v) is 14.3. The van der Waals surface area contributed by atoms with Gasteiger partial charge in [0.2, 0.25) is 0 Å². The van der Waals surface area contributed by atoms with Gasteiger partial charge in [-0.2, -0.15) is 0 Å². The highest BCUT2D eigenvalue weighted by molar-refractivity contribution is 6.32. The molecule has 1 atom stereocenters. The molecule has 0 bridgehead atoms. The van der Waals surface area contributed by atoms with Crippen molar-refractivity contribution in [2.75, 3.05) is 19.5 Å². The zero-order valence-electron chi connectivity index (χ0n) is 13.5. The van der Waals surface area contributed by atoms with Crippen LogP contribution in [0.25, 0.3) is 0 Å². The maximum atomic E-state index is 12.1. The first kappa shape index (κ1) is 18.4. The summed E-state index contributed by atoms with van der Waals surface area (Å²) >= 11 is 5.93. The number of ether oxygens (including phenoxy) is 2. The molecule has 10 heteroatoms. The molecule has 0 saturated heterocycles. The fourth-order valence-electron chi connectivity index (χ4n) is 1.96. The topological polar surface area (TPSA) is 139 Å². The number of nitrogens with two attached hydrogens (primary N) is 1. The molecular formula is C15H17ClN4O5. The van der Waals surface area contributed by atoms with Crippen molar-refractivity contribution < 1.29 is 14.3 Å². The highest BCUT2D eigenvalue weighted by Gasteiger charge is 2.16. The maximum Gasteiger partial charge on any atom is 0.326 e. The van der Waals surface area contributed by atoms with Crippen LogP contribution >= 0.6 is 11.6 Å². The van der Waals surface area contributed by atoms with E-state index in [9.17, 15) is 14.4 Å². The largest absolute Gasteiger partial charge is 0.495 e. The van der Waals surface area contributed by atoms with Gasteiger partial charge in [-0.3, -0.25) is 14.6 Å². The van der Waals surface area contributed by atoms with Crippen molar-refractivity contribution in [3.05, 3.63) is 49.8 Å². The highest BCUT2D eigenvalue weighted by atomic mass is 35.5. The van der Waals surface area contributed by atoms with Crippen LogP contribution in [0.3, 0.4) is 0 Å². The first-order valence-electron chi connectivity index (χ1n) is 7.21. The summed E-state index contributed by atoms with van der Waals surface area (Å²) in [7, 11) is 1.49. The minimum atomic E-state index is -0.828. The first-order chi connectivity index (χ1) is 11.8. The van der Waals surface area contributed by atoms with Gasteiger partial charge in [-0.25, -0.2) is 4.79 Å². The predicted molar refractivity (Wildman–Crippen MR) is 92.5 cm³/mol. The fourth-order valence-corrected chi connectivity index (χ4v) is 2.16. The molecule has 0 radical (unpaired) electrons. The van der Waals surface area contributed by atoms with Gasteiger partial charge in [-0.1, -0.05) is 11.6 Å². The van der Waals surface area contributed by atoms with Gasteiger partial charge in [-0.15, -0.1) is 0 Å².